The number of ether oxygens (including phenoxy) is 3. The van der Waals surface area contributed by atoms with Crippen molar-refractivity contribution in [3.05, 3.63) is 36.7 Å². The molecule has 3 aromatic rings. The van der Waals surface area contributed by atoms with Crippen LogP contribution in [0.2, 0.25) is 0 Å². The van der Waals surface area contributed by atoms with Crippen LogP contribution in [0.1, 0.15) is 34.1 Å². The molecule has 3 rings (SSSR count). The Labute approximate surface area is 229 Å². The van der Waals surface area contributed by atoms with Crippen molar-refractivity contribution in [1.82, 2.24) is 24.6 Å². The molecule has 216 valence electrons. The summed E-state index contributed by atoms with van der Waals surface area (Å²) in [7, 11) is 1.41. The third-order valence-electron chi connectivity index (χ3n) is 5.12. The number of nitrogen functional groups attached to an aromatic ring is 1. The number of hydrogen-bond acceptors (Lipinski definition) is 10. The van der Waals surface area contributed by atoms with Crippen LogP contribution < -0.4 is 20.6 Å². The Balaban J connectivity index is 0.000000338. The first-order valence-corrected chi connectivity index (χ1v) is 14.0. The van der Waals surface area contributed by atoms with Gasteiger partial charge in [0.25, 0.3) is 0 Å². The molecule has 4 N–H and O–H groups in total. The zero-order valence-electron chi connectivity index (χ0n) is 23.6. The Morgan fingerprint density at radius 2 is 1.87 bits per heavy atom. The summed E-state index contributed by atoms with van der Waals surface area (Å²) in [4.78, 5) is 23.9. The molecule has 2 unspecified atom stereocenters. The highest BCUT2D eigenvalue weighted by molar-refractivity contribution is 7.58. The molecule has 39 heavy (non-hydrogen) atoms. The van der Waals surface area contributed by atoms with Crippen LogP contribution in [0, 0.1) is 5.41 Å². The molecule has 0 saturated heterocycles. The summed E-state index contributed by atoms with van der Waals surface area (Å²) in [5, 5.41) is 5.52. The van der Waals surface area contributed by atoms with Gasteiger partial charge in [-0.2, -0.15) is 9.97 Å². The second kappa shape index (κ2) is 14.8. The first kappa shape index (κ1) is 32.0. The van der Waals surface area contributed by atoms with E-state index >= 15 is 0 Å². The molecular formula is C25H40N7O6P. The van der Waals surface area contributed by atoms with E-state index in [2.05, 4.69) is 25.1 Å². The quantitative estimate of drug-likeness (QED) is 0.215. The molecular weight excluding hydrogens is 525 g/mol. The topological polar surface area (TPSA) is 165 Å². The maximum Gasteiger partial charge on any atom is 0.366 e. The molecule has 2 aromatic heterocycles. The van der Waals surface area contributed by atoms with Crippen LogP contribution in [0.3, 0.4) is 0 Å². The molecule has 0 aliphatic carbocycles. The van der Waals surface area contributed by atoms with Crippen molar-refractivity contribution in [3.8, 4) is 5.88 Å². The van der Waals surface area contributed by atoms with Crippen molar-refractivity contribution in [1.29, 1.82) is 0 Å². The number of fused-ring (bicyclic) bond motifs is 1. The first-order chi connectivity index (χ1) is 18.4. The summed E-state index contributed by atoms with van der Waals surface area (Å²) in [6.07, 6.45) is 2.17. The van der Waals surface area contributed by atoms with Crippen LogP contribution in [0.15, 0.2) is 36.7 Å². The van der Waals surface area contributed by atoms with Crippen molar-refractivity contribution in [2.24, 2.45) is 12.5 Å². The van der Waals surface area contributed by atoms with Gasteiger partial charge >= 0.3 is 13.6 Å². The fraction of sp³-hybridized carbons (Fsp3) is 0.520. The maximum atomic E-state index is 13.1. The number of nitrogens with one attached hydrogen (secondary N) is 2. The number of esters is 1. The number of rotatable bonds is 12. The second-order valence-electron chi connectivity index (χ2n) is 9.77. The van der Waals surface area contributed by atoms with E-state index in [1.54, 1.807) is 30.1 Å². The van der Waals surface area contributed by atoms with E-state index < -0.39 is 13.6 Å². The molecule has 2 atom stereocenters. The molecule has 0 aliphatic heterocycles. The molecule has 0 bridgehead atoms. The summed E-state index contributed by atoms with van der Waals surface area (Å²) in [6.45, 7) is 8.04. The van der Waals surface area contributed by atoms with Crippen molar-refractivity contribution >= 4 is 36.4 Å². The maximum absolute atomic E-state index is 13.1. The number of aryl methyl sites for hydroxylation is 1. The lowest BCUT2D eigenvalue weighted by Gasteiger charge is -2.24. The fourth-order valence-corrected chi connectivity index (χ4v) is 4.43. The minimum absolute atomic E-state index is 0.133. The molecule has 0 fully saturated rings. The lowest BCUT2D eigenvalue weighted by molar-refractivity contribution is -0.144. The molecule has 0 amide bonds. The highest BCUT2D eigenvalue weighted by atomic mass is 31.2. The standard InChI is InChI=1S/C18H31N2O5P.C7H9N5O/c1-6-16(23-5)13-25-26(22,20-15-10-8-7-9-11-15)19-12-17(21)24-14-18(2,3)4;1-12-3-9-4-5(12)10-7(8)11-6(4)13-2/h7-11,16H,6,12-14H2,1-5H3,(H2,19,20,22);3H,1-2H3,(H2,8,10,11). The van der Waals surface area contributed by atoms with Gasteiger partial charge in [-0.05, 0) is 24.0 Å². The average molecular weight is 566 g/mol. The molecule has 2 heterocycles. The number of carbonyl (C=O) groups is 1. The number of anilines is 2. The van der Waals surface area contributed by atoms with Crippen molar-refractivity contribution < 1.29 is 28.1 Å². The van der Waals surface area contributed by atoms with E-state index in [0.717, 1.165) is 6.42 Å². The third-order valence-corrected chi connectivity index (χ3v) is 6.76. The Bertz CT molecular complexity index is 1230. The van der Waals surface area contributed by atoms with Crippen molar-refractivity contribution in [2.75, 3.05) is 44.8 Å². The number of nitrogens with two attached hydrogens (primary N) is 1. The Morgan fingerprint density at radius 1 is 1.18 bits per heavy atom. The number of imidazole rings is 1. The van der Waals surface area contributed by atoms with Gasteiger partial charge in [0, 0.05) is 19.8 Å². The number of benzene rings is 1. The van der Waals surface area contributed by atoms with E-state index in [4.69, 9.17) is 24.5 Å². The Morgan fingerprint density at radius 3 is 2.46 bits per heavy atom. The predicted molar refractivity (Wildman–Crippen MR) is 150 cm³/mol. The van der Waals surface area contributed by atoms with E-state index in [0.29, 0.717) is 22.7 Å². The molecule has 0 radical (unpaired) electrons. The zero-order valence-corrected chi connectivity index (χ0v) is 24.5. The lowest BCUT2D eigenvalue weighted by Crippen LogP contribution is -2.29. The van der Waals surface area contributed by atoms with Crippen LogP contribution in [-0.2, 0) is 30.4 Å². The highest BCUT2D eigenvalue weighted by Crippen LogP contribution is 2.42. The number of nitrogens with zero attached hydrogens (tertiary/aromatic N) is 4. The predicted octanol–water partition coefficient (Wildman–Crippen LogP) is 3.78. The smallest absolute Gasteiger partial charge is 0.366 e. The number of hydrogen-bond donors (Lipinski definition) is 3. The van der Waals surface area contributed by atoms with Gasteiger partial charge in [0.1, 0.15) is 6.54 Å². The molecule has 0 saturated carbocycles. The molecule has 1 aromatic carbocycles. The van der Waals surface area contributed by atoms with E-state index in [9.17, 15) is 9.36 Å². The zero-order chi connectivity index (χ0) is 29.1. The van der Waals surface area contributed by atoms with Crippen LogP contribution >= 0.6 is 7.67 Å². The van der Waals surface area contributed by atoms with Crippen LogP contribution in [-0.4, -0.2) is 65.6 Å². The number of methoxy groups -OCH3 is 2. The Hall–Kier alpha value is -3.25. The third kappa shape index (κ3) is 10.8. The summed E-state index contributed by atoms with van der Waals surface area (Å²) in [6, 6.07) is 9.02. The largest absolute Gasteiger partial charge is 0.479 e. The molecule has 14 heteroatoms. The van der Waals surface area contributed by atoms with Crippen molar-refractivity contribution in [2.45, 2.75) is 40.2 Å². The monoisotopic (exact) mass is 565 g/mol. The average Bonchev–Trinajstić information content (AvgIpc) is 3.27. The normalized spacial score (nSPS) is 13.6. The first-order valence-electron chi connectivity index (χ1n) is 12.4. The summed E-state index contributed by atoms with van der Waals surface area (Å²) < 4.78 is 35.9. The number of para-hydroxylation sites is 1. The van der Waals surface area contributed by atoms with Gasteiger partial charge in [0.15, 0.2) is 11.2 Å². The summed E-state index contributed by atoms with van der Waals surface area (Å²) >= 11 is 0. The second-order valence-corrected chi connectivity index (χ2v) is 11.7. The van der Waals surface area contributed by atoms with Gasteiger partial charge in [-0.25, -0.2) is 14.6 Å². The van der Waals surface area contributed by atoms with Gasteiger partial charge in [-0.1, -0.05) is 45.9 Å². The van der Waals surface area contributed by atoms with Gasteiger partial charge in [-0.3, -0.25) is 9.32 Å². The summed E-state index contributed by atoms with van der Waals surface area (Å²) in [5.74, 6) is 0.105. The molecule has 0 aliphatic rings. The van der Waals surface area contributed by atoms with Crippen molar-refractivity contribution in [3.63, 3.8) is 0 Å². The fourth-order valence-electron chi connectivity index (χ4n) is 3.00. The highest BCUT2D eigenvalue weighted by Gasteiger charge is 2.26. The van der Waals surface area contributed by atoms with E-state index in [-0.39, 0.29) is 37.2 Å². The number of carbonyl (C=O) groups excluding carboxylic acids is 1. The SMILES string of the molecule is CCC(COP(=O)(NCC(=O)OCC(C)(C)C)Nc1ccccc1)OC.COc1nc(N)nc2c1ncn2C. The summed E-state index contributed by atoms with van der Waals surface area (Å²) in [5.41, 5.74) is 7.27. The lowest BCUT2D eigenvalue weighted by atomic mass is 9.99. The molecule has 13 nitrogen and oxygen atoms in total. The minimum atomic E-state index is -3.52. The van der Waals surface area contributed by atoms with E-state index in [1.165, 1.54) is 7.11 Å². The number of aromatic nitrogens is 4. The van der Waals surface area contributed by atoms with Gasteiger partial charge < -0.3 is 29.6 Å². The van der Waals surface area contributed by atoms with Gasteiger partial charge in [0.2, 0.25) is 11.8 Å². The van der Waals surface area contributed by atoms with Gasteiger partial charge in [0.05, 0.1) is 32.8 Å². The Kier molecular flexibility index (Phi) is 12.1. The molecule has 0 spiro atoms. The van der Waals surface area contributed by atoms with E-state index in [1.807, 2.05) is 52.9 Å². The van der Waals surface area contributed by atoms with Crippen LogP contribution in [0.25, 0.3) is 11.2 Å². The van der Waals surface area contributed by atoms with Gasteiger partial charge in [-0.15, -0.1) is 0 Å². The minimum Gasteiger partial charge on any atom is -0.479 e. The van der Waals surface area contributed by atoms with Crippen LogP contribution in [0.5, 0.6) is 5.88 Å². The van der Waals surface area contributed by atoms with Crippen LogP contribution in [0.4, 0.5) is 11.6 Å².